The van der Waals surface area contributed by atoms with Gasteiger partial charge in [-0.1, -0.05) is 24.3 Å². The zero-order valence-electron chi connectivity index (χ0n) is 34.5. The number of phenols is 2. The predicted molar refractivity (Wildman–Crippen MR) is 225 cm³/mol. The number of ether oxygens (including phenoxy) is 1. The van der Waals surface area contributed by atoms with E-state index in [-0.39, 0.29) is 55.0 Å². The summed E-state index contributed by atoms with van der Waals surface area (Å²) in [6.07, 6.45) is -1.74. The topological polar surface area (TPSA) is 351 Å². The van der Waals surface area contributed by atoms with Crippen molar-refractivity contribution in [1.29, 1.82) is 0 Å². The summed E-state index contributed by atoms with van der Waals surface area (Å²) in [4.78, 5) is 109. The molecule has 2 aliphatic rings. The van der Waals surface area contributed by atoms with Gasteiger partial charge in [0.25, 0.3) is 5.91 Å². The zero-order chi connectivity index (χ0) is 46.5. The molecular formula is C40H53N9O13S. The van der Waals surface area contributed by atoms with Gasteiger partial charge in [-0.2, -0.15) is 11.8 Å². The molecule has 0 aliphatic carbocycles. The number of nitrogens with one attached hydrogen (secondary N) is 3. The number of hydrogen-bond donors (Lipinski definition) is 10. The lowest BCUT2D eigenvalue weighted by Crippen LogP contribution is -2.62. The molecule has 2 aliphatic heterocycles. The van der Waals surface area contributed by atoms with Gasteiger partial charge in [0, 0.05) is 45.7 Å². The van der Waals surface area contributed by atoms with E-state index in [0.29, 0.717) is 16.2 Å². The number of amides is 8. The smallest absolute Gasteiger partial charge is 0.329 e. The third kappa shape index (κ3) is 13.6. The Morgan fingerprint density at radius 3 is 2.16 bits per heavy atom. The van der Waals surface area contributed by atoms with Crippen LogP contribution in [0.2, 0.25) is 0 Å². The Balaban J connectivity index is 1.76. The molecule has 23 heteroatoms. The van der Waals surface area contributed by atoms with Gasteiger partial charge in [-0.25, -0.2) is 19.3 Å². The summed E-state index contributed by atoms with van der Waals surface area (Å²) >= 11 is 1.42. The van der Waals surface area contributed by atoms with Crippen LogP contribution in [-0.4, -0.2) is 157 Å². The molecule has 342 valence electrons. The Kier molecular flexibility index (Phi) is 17.8. The summed E-state index contributed by atoms with van der Waals surface area (Å²) in [6, 6.07) is 1.39. The number of nitrogens with two attached hydrogens (primary N) is 3. The van der Waals surface area contributed by atoms with Crippen LogP contribution in [0.25, 0.3) is 0 Å². The number of carboxylic acids is 1. The minimum absolute atomic E-state index is 0.118. The third-order valence-corrected chi connectivity index (χ3v) is 10.9. The lowest BCUT2D eigenvalue weighted by atomic mass is 9.95. The number of carbonyl (C=O) groups excluding carboxylic acids is 7. The van der Waals surface area contributed by atoms with Gasteiger partial charge in [0.05, 0.1) is 24.8 Å². The largest absolute Gasteiger partial charge is 0.508 e. The number of imide groups is 2. The molecule has 63 heavy (non-hydrogen) atoms. The fraction of sp³-hybridized carbons (Fsp3) is 0.450. The second-order valence-electron chi connectivity index (χ2n) is 14.9. The maximum Gasteiger partial charge on any atom is 0.329 e. The molecule has 8 amide bonds. The molecule has 0 radical (unpaired) electrons. The molecular weight excluding hydrogens is 847 g/mol. The molecule has 2 fully saturated rings. The van der Waals surface area contributed by atoms with Gasteiger partial charge < -0.3 is 57.9 Å². The minimum Gasteiger partial charge on any atom is -0.508 e. The SMILES string of the molecule is CSCC[C@@H](N)C(=O)CC(C(N)C(=O)N(/C=C1\CC(O)C(N2CCC(=O)NC2=O)O1)C(=O)NC(Cc1cccc(O)c1)C(=O)O)N(C)C(=O)[C@H](Cc1cccc(O)c1)NC(=O)CN. The number of carbonyl (C=O) groups is 8. The average Bonchev–Trinajstić information content (AvgIpc) is 3.60. The lowest BCUT2D eigenvalue weighted by Gasteiger charge is -2.36. The number of aliphatic hydroxyl groups is 1. The fourth-order valence-electron chi connectivity index (χ4n) is 6.84. The van der Waals surface area contributed by atoms with Gasteiger partial charge in [-0.3, -0.25) is 34.2 Å². The monoisotopic (exact) mass is 899 g/mol. The number of thioether (sulfide) groups is 1. The van der Waals surface area contributed by atoms with Crippen molar-refractivity contribution in [2.45, 2.75) is 81.1 Å². The molecule has 0 spiro atoms. The zero-order valence-corrected chi connectivity index (χ0v) is 35.4. The number of nitrogens with zero attached hydrogens (tertiary/aromatic N) is 3. The third-order valence-electron chi connectivity index (χ3n) is 10.3. The maximum atomic E-state index is 14.7. The number of ketones is 1. The highest BCUT2D eigenvalue weighted by atomic mass is 32.2. The molecule has 0 bridgehead atoms. The van der Waals surface area contributed by atoms with E-state index in [1.165, 1.54) is 61.3 Å². The first kappa shape index (κ1) is 49.4. The van der Waals surface area contributed by atoms with Crippen LogP contribution in [0.1, 0.15) is 36.8 Å². The van der Waals surface area contributed by atoms with Crippen molar-refractivity contribution in [2.24, 2.45) is 17.2 Å². The maximum absolute atomic E-state index is 14.7. The Labute approximate surface area is 366 Å². The van der Waals surface area contributed by atoms with Crippen molar-refractivity contribution in [1.82, 2.24) is 30.7 Å². The van der Waals surface area contributed by atoms with E-state index in [0.717, 1.165) is 16.0 Å². The Morgan fingerprint density at radius 2 is 1.60 bits per heavy atom. The van der Waals surface area contributed by atoms with Gasteiger partial charge in [-0.15, -0.1) is 0 Å². The number of aromatic hydroxyl groups is 2. The molecule has 2 saturated heterocycles. The van der Waals surface area contributed by atoms with E-state index in [2.05, 4.69) is 16.0 Å². The van der Waals surface area contributed by atoms with Crippen molar-refractivity contribution in [2.75, 3.05) is 32.1 Å². The van der Waals surface area contributed by atoms with E-state index in [1.54, 1.807) is 12.3 Å². The number of phenolic OH excluding ortho intramolecular Hbond substituents is 2. The van der Waals surface area contributed by atoms with Crippen LogP contribution in [-0.2, 0) is 46.3 Å². The normalized spacial score (nSPS) is 19.1. The molecule has 0 aromatic heterocycles. The highest BCUT2D eigenvalue weighted by Crippen LogP contribution is 2.29. The Hall–Kier alpha value is -6.27. The molecule has 7 atom stereocenters. The van der Waals surface area contributed by atoms with Crippen LogP contribution in [0.3, 0.4) is 0 Å². The number of hydrogen-bond acceptors (Lipinski definition) is 16. The molecule has 2 heterocycles. The lowest BCUT2D eigenvalue weighted by molar-refractivity contribution is -0.141. The van der Waals surface area contributed by atoms with Crippen molar-refractivity contribution in [3.63, 3.8) is 0 Å². The number of aliphatic hydroxyl groups excluding tert-OH is 1. The summed E-state index contributed by atoms with van der Waals surface area (Å²) in [5, 5.41) is 48.0. The van der Waals surface area contributed by atoms with Gasteiger partial charge in [0.1, 0.15) is 41.5 Å². The van der Waals surface area contributed by atoms with Crippen molar-refractivity contribution in [3.8, 4) is 11.5 Å². The Morgan fingerprint density at radius 1 is 0.984 bits per heavy atom. The van der Waals surface area contributed by atoms with E-state index in [1.807, 2.05) is 0 Å². The fourth-order valence-corrected chi connectivity index (χ4v) is 7.33. The van der Waals surface area contributed by atoms with E-state index in [9.17, 15) is 58.8 Å². The second-order valence-corrected chi connectivity index (χ2v) is 15.9. The van der Waals surface area contributed by atoms with Crippen LogP contribution < -0.4 is 33.2 Å². The van der Waals surface area contributed by atoms with Crippen molar-refractivity contribution < 1.29 is 63.5 Å². The molecule has 0 saturated carbocycles. The van der Waals surface area contributed by atoms with Crippen LogP contribution in [0, 0.1) is 0 Å². The minimum atomic E-state index is -1.97. The highest BCUT2D eigenvalue weighted by molar-refractivity contribution is 7.98. The van der Waals surface area contributed by atoms with Gasteiger partial charge in [-0.05, 0) is 53.8 Å². The number of benzene rings is 2. The van der Waals surface area contributed by atoms with Gasteiger partial charge in [0.2, 0.25) is 23.9 Å². The first-order valence-electron chi connectivity index (χ1n) is 19.7. The van der Waals surface area contributed by atoms with Crippen LogP contribution in [0.15, 0.2) is 60.5 Å². The second kappa shape index (κ2) is 22.7. The number of rotatable bonds is 20. The number of Topliss-reactive ketones (excluding diaryl/α,β-unsaturated/α-hetero) is 1. The number of carboxylic acid groups (broad SMARTS) is 1. The summed E-state index contributed by atoms with van der Waals surface area (Å²) in [5.41, 5.74) is 19.1. The van der Waals surface area contributed by atoms with E-state index in [4.69, 9.17) is 21.9 Å². The standard InChI is InChI=1S/C40H53N9O13S/c1-47(35(56)27(44-33(55)19-41)15-21-5-3-7-23(50)13-21)29(18-30(52)26(42)10-12-63-2)34(43)36(57)49(39(60)45-28(38(58)59)16-22-6-4-8-24(51)14-22)20-25-17-31(53)37(62-25)48-11-9-32(54)46-40(48)61/h3-8,13-14,20,26-29,31,34,37,50-51,53H,9-12,15-19,41-43H2,1-2H3,(H,44,55)(H,45,60)(H,58,59)(H,46,54,61)/b25-20+/t26-,27+,28?,29?,31?,34?,37?/m1/s1. The Bertz CT molecular complexity index is 2070. The van der Waals surface area contributed by atoms with Gasteiger partial charge >= 0.3 is 18.0 Å². The summed E-state index contributed by atoms with van der Waals surface area (Å²) in [7, 11) is 1.21. The first-order chi connectivity index (χ1) is 29.8. The van der Waals surface area contributed by atoms with E-state index >= 15 is 0 Å². The molecule has 2 aromatic carbocycles. The first-order valence-corrected chi connectivity index (χ1v) is 21.1. The van der Waals surface area contributed by atoms with Crippen molar-refractivity contribution in [3.05, 3.63) is 71.6 Å². The summed E-state index contributed by atoms with van der Waals surface area (Å²) < 4.78 is 5.82. The van der Waals surface area contributed by atoms with Gasteiger partial charge in [0.15, 0.2) is 5.78 Å². The number of urea groups is 2. The molecule has 4 rings (SSSR count). The van der Waals surface area contributed by atoms with E-state index < -0.39 is 109 Å². The summed E-state index contributed by atoms with van der Waals surface area (Å²) in [5.74, 6) is -5.75. The van der Waals surface area contributed by atoms with Crippen LogP contribution in [0.4, 0.5) is 9.59 Å². The average molecular weight is 900 g/mol. The highest BCUT2D eigenvalue weighted by Gasteiger charge is 2.43. The predicted octanol–water partition coefficient (Wildman–Crippen LogP) is -1.60. The number of likely N-dealkylation sites (N-methyl/N-ethyl adjacent to an activating group) is 1. The molecule has 2 aromatic rings. The quantitative estimate of drug-likeness (QED) is 0.0716. The van der Waals surface area contributed by atoms with Crippen LogP contribution >= 0.6 is 11.8 Å². The molecule has 13 N–H and O–H groups in total. The number of aliphatic carboxylic acids is 1. The van der Waals surface area contributed by atoms with Crippen molar-refractivity contribution >= 4 is 59.2 Å². The van der Waals surface area contributed by atoms with Crippen LogP contribution in [0.5, 0.6) is 11.5 Å². The summed E-state index contributed by atoms with van der Waals surface area (Å²) in [6.45, 7) is -0.659. The molecule has 5 unspecified atom stereocenters. The molecule has 22 nitrogen and oxygen atoms in total.